The van der Waals surface area contributed by atoms with E-state index < -0.39 is 6.10 Å². The molecule has 0 bridgehead atoms. The molecule has 2 aromatic carbocycles. The van der Waals surface area contributed by atoms with E-state index in [0.29, 0.717) is 53.6 Å². The summed E-state index contributed by atoms with van der Waals surface area (Å²) in [5.74, 6) is 1.72. The number of anilines is 1. The number of aliphatic hydroxyl groups excluding tert-OH is 1. The van der Waals surface area contributed by atoms with E-state index in [1.54, 1.807) is 24.5 Å². The van der Waals surface area contributed by atoms with E-state index in [0.717, 1.165) is 11.3 Å². The number of aliphatic hydroxyl groups is 1. The van der Waals surface area contributed by atoms with Crippen LogP contribution < -0.4 is 19.1 Å². The molecule has 0 spiro atoms. The van der Waals surface area contributed by atoms with Crippen molar-refractivity contribution < 1.29 is 28.5 Å². The Morgan fingerprint density at radius 1 is 1.06 bits per heavy atom. The maximum atomic E-state index is 13.7. The molecule has 7 heteroatoms. The lowest BCUT2D eigenvalue weighted by Gasteiger charge is -2.22. The molecule has 3 aromatic rings. The third-order valence-electron chi connectivity index (χ3n) is 5.48. The monoisotopic (exact) mass is 423 g/mol. The third-order valence-corrected chi connectivity index (χ3v) is 5.48. The molecule has 1 aliphatic rings. The summed E-state index contributed by atoms with van der Waals surface area (Å²) in [6, 6.07) is 12.6. The summed E-state index contributed by atoms with van der Waals surface area (Å²) in [5.41, 5.74) is 2.49. The third kappa shape index (κ3) is 3.96. The Morgan fingerprint density at radius 3 is 2.35 bits per heavy atom. The number of benzene rings is 2. The van der Waals surface area contributed by atoms with Crippen molar-refractivity contribution in [1.82, 2.24) is 0 Å². The molecule has 7 nitrogen and oxygen atoms in total. The van der Waals surface area contributed by atoms with E-state index in [9.17, 15) is 9.90 Å². The fourth-order valence-electron chi connectivity index (χ4n) is 3.92. The van der Waals surface area contributed by atoms with Gasteiger partial charge in [0.05, 0.1) is 33.7 Å². The lowest BCUT2D eigenvalue weighted by atomic mass is 9.97. The van der Waals surface area contributed by atoms with Crippen molar-refractivity contribution in [3.63, 3.8) is 0 Å². The topological polar surface area (TPSA) is 81.4 Å². The molecule has 1 unspecified atom stereocenters. The summed E-state index contributed by atoms with van der Waals surface area (Å²) in [6.45, 7) is 1.16. The maximum absolute atomic E-state index is 13.7. The lowest BCUT2D eigenvalue weighted by molar-refractivity contribution is 0.103. The molecule has 0 amide bonds. The molecule has 1 N–H and O–H groups in total. The van der Waals surface area contributed by atoms with E-state index in [2.05, 4.69) is 0 Å². The number of ether oxygens (including phenoxy) is 3. The van der Waals surface area contributed by atoms with Gasteiger partial charge in [0, 0.05) is 35.5 Å². The van der Waals surface area contributed by atoms with Crippen molar-refractivity contribution >= 4 is 11.5 Å². The summed E-state index contributed by atoms with van der Waals surface area (Å²) >= 11 is 0. The first kappa shape index (κ1) is 20.8. The highest BCUT2D eigenvalue weighted by Crippen LogP contribution is 2.40. The molecule has 1 atom stereocenters. The van der Waals surface area contributed by atoms with E-state index >= 15 is 0 Å². The Balaban J connectivity index is 1.83. The first-order valence-electron chi connectivity index (χ1n) is 10.0. The van der Waals surface area contributed by atoms with Gasteiger partial charge in [0.1, 0.15) is 5.76 Å². The van der Waals surface area contributed by atoms with Crippen LogP contribution in [0.15, 0.2) is 53.1 Å². The molecule has 0 saturated carbocycles. The van der Waals surface area contributed by atoms with E-state index in [1.807, 2.05) is 29.2 Å². The highest BCUT2D eigenvalue weighted by atomic mass is 16.5. The highest BCUT2D eigenvalue weighted by molar-refractivity contribution is 6.13. The Labute approximate surface area is 180 Å². The van der Waals surface area contributed by atoms with Crippen LogP contribution in [0.25, 0.3) is 11.3 Å². The van der Waals surface area contributed by atoms with Gasteiger partial charge < -0.3 is 28.6 Å². The molecule has 0 radical (unpaired) electrons. The zero-order chi connectivity index (χ0) is 22.0. The molecule has 2 heterocycles. The van der Waals surface area contributed by atoms with Crippen LogP contribution in [0.2, 0.25) is 0 Å². The Morgan fingerprint density at radius 2 is 1.81 bits per heavy atom. The highest BCUT2D eigenvalue weighted by Gasteiger charge is 2.27. The summed E-state index contributed by atoms with van der Waals surface area (Å²) in [7, 11) is 4.55. The summed E-state index contributed by atoms with van der Waals surface area (Å²) in [5, 5.41) is 10.0. The second-order valence-electron chi connectivity index (χ2n) is 7.34. The number of furan rings is 1. The van der Waals surface area contributed by atoms with Crippen molar-refractivity contribution in [2.75, 3.05) is 39.3 Å². The standard InChI is InChI=1S/C24H25NO6/c1-28-21-12-16(13-22(29-2)24(21)30-3)23(27)18-11-15(20-5-4-10-31-20)6-7-19(18)25-9-8-17(26)14-25/h4-7,10-13,17,26H,8-9,14H2,1-3H3. The number of β-amino-alcohol motifs (C(OH)–C–C–N with tert-alkyl or cyclic N) is 1. The summed E-state index contributed by atoms with van der Waals surface area (Å²) in [4.78, 5) is 15.7. The molecule has 1 fully saturated rings. The molecule has 4 rings (SSSR count). The maximum Gasteiger partial charge on any atom is 0.203 e. The van der Waals surface area contributed by atoms with Gasteiger partial charge in [-0.15, -0.1) is 0 Å². The smallest absolute Gasteiger partial charge is 0.203 e. The molecule has 162 valence electrons. The number of nitrogens with zero attached hydrogens (tertiary/aromatic N) is 1. The van der Waals surface area contributed by atoms with E-state index in [4.69, 9.17) is 18.6 Å². The van der Waals surface area contributed by atoms with Gasteiger partial charge in [-0.1, -0.05) is 0 Å². The normalized spacial score (nSPS) is 15.7. The number of methoxy groups -OCH3 is 3. The predicted molar refractivity (Wildman–Crippen MR) is 117 cm³/mol. The van der Waals surface area contributed by atoms with Crippen molar-refractivity contribution in [3.05, 3.63) is 59.9 Å². The number of hydrogen-bond donors (Lipinski definition) is 1. The van der Waals surface area contributed by atoms with Gasteiger partial charge in [-0.05, 0) is 48.9 Å². The molecule has 1 aromatic heterocycles. The van der Waals surface area contributed by atoms with Crippen molar-refractivity contribution in [2.24, 2.45) is 0 Å². The lowest BCUT2D eigenvalue weighted by Crippen LogP contribution is -2.23. The summed E-state index contributed by atoms with van der Waals surface area (Å²) in [6.07, 6.45) is 1.85. The fourth-order valence-corrected chi connectivity index (χ4v) is 3.92. The van der Waals surface area contributed by atoms with Crippen LogP contribution in [0.5, 0.6) is 17.2 Å². The largest absolute Gasteiger partial charge is 0.493 e. The first-order valence-corrected chi connectivity index (χ1v) is 10.0. The van der Waals surface area contributed by atoms with Gasteiger partial charge >= 0.3 is 0 Å². The summed E-state index contributed by atoms with van der Waals surface area (Å²) < 4.78 is 21.7. The van der Waals surface area contributed by atoms with Gasteiger partial charge in [0.2, 0.25) is 5.75 Å². The zero-order valence-electron chi connectivity index (χ0n) is 17.8. The number of ketones is 1. The van der Waals surface area contributed by atoms with Crippen LogP contribution in [0.1, 0.15) is 22.3 Å². The molecule has 1 saturated heterocycles. The van der Waals surface area contributed by atoms with Gasteiger partial charge in [0.15, 0.2) is 17.3 Å². The van der Waals surface area contributed by atoms with Crippen molar-refractivity contribution in [2.45, 2.75) is 12.5 Å². The predicted octanol–water partition coefficient (Wildman–Crippen LogP) is 3.77. The van der Waals surface area contributed by atoms with Crippen LogP contribution in [0, 0.1) is 0 Å². The average Bonchev–Trinajstić information content (AvgIpc) is 3.49. The van der Waals surface area contributed by atoms with Crippen LogP contribution in [-0.4, -0.2) is 51.4 Å². The fraction of sp³-hybridized carbons (Fsp3) is 0.292. The minimum atomic E-state index is -0.408. The quantitative estimate of drug-likeness (QED) is 0.579. The second kappa shape index (κ2) is 8.73. The minimum absolute atomic E-state index is 0.191. The molecular formula is C24H25NO6. The van der Waals surface area contributed by atoms with E-state index in [1.165, 1.54) is 21.3 Å². The van der Waals surface area contributed by atoms with Crippen LogP contribution >= 0.6 is 0 Å². The molecule has 31 heavy (non-hydrogen) atoms. The van der Waals surface area contributed by atoms with E-state index in [-0.39, 0.29) is 5.78 Å². The van der Waals surface area contributed by atoms with Crippen LogP contribution in [0.4, 0.5) is 5.69 Å². The van der Waals surface area contributed by atoms with Gasteiger partial charge in [0.25, 0.3) is 0 Å². The average molecular weight is 423 g/mol. The number of carbonyl (C=O) groups excluding carboxylic acids is 1. The SMILES string of the molecule is COc1cc(C(=O)c2cc(-c3ccco3)ccc2N2CCC(O)C2)cc(OC)c1OC. The Bertz CT molecular complexity index is 1050. The zero-order valence-corrected chi connectivity index (χ0v) is 17.8. The number of hydrogen-bond acceptors (Lipinski definition) is 7. The Hall–Kier alpha value is -3.45. The van der Waals surface area contributed by atoms with Crippen LogP contribution in [0.3, 0.4) is 0 Å². The molecule has 1 aliphatic heterocycles. The molecular weight excluding hydrogens is 398 g/mol. The minimum Gasteiger partial charge on any atom is -0.493 e. The van der Waals surface area contributed by atoms with Gasteiger partial charge in [-0.2, -0.15) is 0 Å². The Kier molecular flexibility index (Phi) is 5.86. The molecule has 0 aliphatic carbocycles. The van der Waals surface area contributed by atoms with Gasteiger partial charge in [-0.3, -0.25) is 4.79 Å². The number of carbonyl (C=O) groups is 1. The van der Waals surface area contributed by atoms with Crippen molar-refractivity contribution in [1.29, 1.82) is 0 Å². The first-order chi connectivity index (χ1) is 15.0. The van der Waals surface area contributed by atoms with Crippen LogP contribution in [-0.2, 0) is 0 Å². The van der Waals surface area contributed by atoms with Crippen molar-refractivity contribution in [3.8, 4) is 28.6 Å². The number of rotatable bonds is 7. The van der Waals surface area contributed by atoms with Gasteiger partial charge in [-0.25, -0.2) is 0 Å². The second-order valence-corrected chi connectivity index (χ2v) is 7.34.